The van der Waals surface area contributed by atoms with Crippen molar-refractivity contribution in [1.82, 2.24) is 15.1 Å². The van der Waals surface area contributed by atoms with Crippen molar-refractivity contribution in [2.45, 2.75) is 25.4 Å². The lowest BCUT2D eigenvalue weighted by atomic mass is 10.0. The van der Waals surface area contributed by atoms with Crippen LogP contribution in [0.2, 0.25) is 0 Å². The Balaban J connectivity index is 1.51. The van der Waals surface area contributed by atoms with Gasteiger partial charge in [-0.2, -0.15) is 0 Å². The molecule has 3 rings (SSSR count). The largest absolute Gasteiger partial charge is 0.354 e. The molecule has 0 saturated carbocycles. The second kappa shape index (κ2) is 9.51. The van der Waals surface area contributed by atoms with Gasteiger partial charge in [0.05, 0.1) is 5.92 Å². The Morgan fingerprint density at radius 3 is 2.29 bits per heavy atom. The molecular formula is C23H29N3O2. The summed E-state index contributed by atoms with van der Waals surface area (Å²) in [6.07, 6.45) is 1.17. The number of hydrogen-bond donors (Lipinski definition) is 1. The van der Waals surface area contributed by atoms with E-state index in [1.54, 1.807) is 4.90 Å². The number of carbonyl (C=O) groups is 2. The summed E-state index contributed by atoms with van der Waals surface area (Å²) in [6, 6.07) is 20.4. The van der Waals surface area contributed by atoms with E-state index in [1.165, 1.54) is 5.56 Å². The van der Waals surface area contributed by atoms with Gasteiger partial charge in [0.1, 0.15) is 0 Å². The molecule has 5 nitrogen and oxygen atoms in total. The Kier molecular flexibility index (Phi) is 6.82. The highest BCUT2D eigenvalue weighted by Gasteiger charge is 2.34. The summed E-state index contributed by atoms with van der Waals surface area (Å²) in [5, 5.41) is 3.07. The molecule has 1 N–H and O–H groups in total. The Hall–Kier alpha value is -2.66. The molecule has 1 heterocycles. The first-order valence-corrected chi connectivity index (χ1v) is 9.82. The number of likely N-dealkylation sites (tertiary alicyclic amines) is 1. The van der Waals surface area contributed by atoms with Crippen molar-refractivity contribution >= 4 is 11.8 Å². The van der Waals surface area contributed by atoms with Crippen LogP contribution in [0.4, 0.5) is 0 Å². The molecule has 0 radical (unpaired) electrons. The third-order valence-electron chi connectivity index (χ3n) is 5.36. The summed E-state index contributed by atoms with van der Waals surface area (Å²) in [4.78, 5) is 28.9. The molecular weight excluding hydrogens is 350 g/mol. The Labute approximate surface area is 167 Å². The minimum absolute atomic E-state index is 0.0242. The quantitative estimate of drug-likeness (QED) is 0.766. The maximum absolute atomic E-state index is 12.7. The Bertz CT molecular complexity index is 777. The molecule has 2 amide bonds. The smallest absolute Gasteiger partial charge is 0.225 e. The Morgan fingerprint density at radius 1 is 1.07 bits per heavy atom. The number of hydrogen-bond acceptors (Lipinski definition) is 3. The monoisotopic (exact) mass is 379 g/mol. The molecule has 2 atom stereocenters. The van der Waals surface area contributed by atoms with Crippen molar-refractivity contribution in [3.63, 3.8) is 0 Å². The van der Waals surface area contributed by atoms with Gasteiger partial charge in [0.2, 0.25) is 11.8 Å². The van der Waals surface area contributed by atoms with Gasteiger partial charge in [0, 0.05) is 32.1 Å². The van der Waals surface area contributed by atoms with E-state index in [0.29, 0.717) is 26.1 Å². The van der Waals surface area contributed by atoms with Crippen LogP contribution in [0.25, 0.3) is 0 Å². The number of amides is 2. The lowest BCUT2D eigenvalue weighted by Gasteiger charge is -2.25. The molecule has 1 aliphatic rings. The molecule has 0 aromatic heterocycles. The van der Waals surface area contributed by atoms with E-state index >= 15 is 0 Å². The van der Waals surface area contributed by atoms with Crippen LogP contribution in [0.3, 0.4) is 0 Å². The van der Waals surface area contributed by atoms with E-state index < -0.39 is 0 Å². The first kappa shape index (κ1) is 20.1. The zero-order valence-corrected chi connectivity index (χ0v) is 16.7. The highest BCUT2D eigenvalue weighted by Crippen LogP contribution is 2.20. The number of nitrogens with zero attached hydrogens (tertiary/aromatic N) is 2. The zero-order chi connectivity index (χ0) is 19.9. The molecule has 2 aromatic carbocycles. The van der Waals surface area contributed by atoms with E-state index in [9.17, 15) is 9.59 Å². The fourth-order valence-corrected chi connectivity index (χ4v) is 3.59. The van der Waals surface area contributed by atoms with Gasteiger partial charge < -0.3 is 15.1 Å². The van der Waals surface area contributed by atoms with Crippen LogP contribution in [0, 0.1) is 5.92 Å². The number of rotatable bonds is 8. The second-order valence-corrected chi connectivity index (χ2v) is 7.71. The topological polar surface area (TPSA) is 52.7 Å². The minimum atomic E-state index is -0.268. The third-order valence-corrected chi connectivity index (χ3v) is 5.36. The first-order chi connectivity index (χ1) is 13.5. The summed E-state index contributed by atoms with van der Waals surface area (Å²) >= 11 is 0. The molecule has 1 aliphatic heterocycles. The van der Waals surface area contributed by atoms with E-state index in [-0.39, 0.29) is 23.8 Å². The van der Waals surface area contributed by atoms with Crippen molar-refractivity contribution in [1.29, 1.82) is 0 Å². The van der Waals surface area contributed by atoms with Crippen molar-refractivity contribution in [3.8, 4) is 0 Å². The van der Waals surface area contributed by atoms with Crippen LogP contribution in [-0.2, 0) is 22.6 Å². The molecule has 2 unspecified atom stereocenters. The van der Waals surface area contributed by atoms with E-state index in [4.69, 9.17) is 0 Å². The van der Waals surface area contributed by atoms with Gasteiger partial charge in [-0.1, -0.05) is 60.7 Å². The predicted octanol–water partition coefficient (Wildman–Crippen LogP) is 2.32. The maximum atomic E-state index is 12.7. The van der Waals surface area contributed by atoms with Crippen LogP contribution in [-0.4, -0.2) is 54.8 Å². The molecule has 1 fully saturated rings. The zero-order valence-electron chi connectivity index (χ0n) is 16.7. The summed E-state index contributed by atoms with van der Waals surface area (Å²) < 4.78 is 0. The number of likely N-dealkylation sites (N-methyl/N-ethyl adjacent to an activating group) is 1. The number of carbonyl (C=O) groups excluding carboxylic acids is 2. The van der Waals surface area contributed by atoms with Gasteiger partial charge in [-0.05, 0) is 31.6 Å². The van der Waals surface area contributed by atoms with Gasteiger partial charge in [0.25, 0.3) is 0 Å². The van der Waals surface area contributed by atoms with Gasteiger partial charge >= 0.3 is 0 Å². The lowest BCUT2D eigenvalue weighted by Crippen LogP contribution is -2.43. The molecule has 28 heavy (non-hydrogen) atoms. The highest BCUT2D eigenvalue weighted by molar-refractivity contribution is 5.89. The lowest BCUT2D eigenvalue weighted by molar-refractivity contribution is -0.129. The molecule has 0 aliphatic carbocycles. The van der Waals surface area contributed by atoms with Crippen LogP contribution < -0.4 is 5.32 Å². The molecule has 148 valence electrons. The van der Waals surface area contributed by atoms with Gasteiger partial charge in [-0.25, -0.2) is 0 Å². The Morgan fingerprint density at radius 2 is 1.68 bits per heavy atom. The van der Waals surface area contributed by atoms with Gasteiger partial charge in [-0.3, -0.25) is 9.59 Å². The predicted molar refractivity (Wildman–Crippen MR) is 111 cm³/mol. The van der Waals surface area contributed by atoms with Gasteiger partial charge in [0.15, 0.2) is 0 Å². The minimum Gasteiger partial charge on any atom is -0.354 e. The average molecular weight is 380 g/mol. The van der Waals surface area contributed by atoms with E-state index in [1.807, 2.05) is 62.6 Å². The molecule has 0 spiro atoms. The molecule has 5 heteroatoms. The normalized spacial score (nSPS) is 17.8. The summed E-state index contributed by atoms with van der Waals surface area (Å²) in [5.41, 5.74) is 2.34. The summed E-state index contributed by atoms with van der Waals surface area (Å²) in [5.74, 6) is -0.239. The fourth-order valence-electron chi connectivity index (χ4n) is 3.59. The molecule has 2 aromatic rings. The maximum Gasteiger partial charge on any atom is 0.225 e. The van der Waals surface area contributed by atoms with Crippen LogP contribution in [0.5, 0.6) is 0 Å². The van der Waals surface area contributed by atoms with Crippen molar-refractivity contribution in [2.75, 3.05) is 27.2 Å². The summed E-state index contributed by atoms with van der Waals surface area (Å²) in [7, 11) is 4.06. The van der Waals surface area contributed by atoms with Crippen molar-refractivity contribution in [2.24, 2.45) is 5.92 Å². The fraction of sp³-hybridized carbons (Fsp3) is 0.391. The van der Waals surface area contributed by atoms with Crippen molar-refractivity contribution < 1.29 is 9.59 Å². The average Bonchev–Trinajstić information content (AvgIpc) is 3.07. The van der Waals surface area contributed by atoms with Crippen molar-refractivity contribution in [3.05, 3.63) is 71.8 Å². The van der Waals surface area contributed by atoms with E-state index in [0.717, 1.165) is 12.0 Å². The van der Waals surface area contributed by atoms with Crippen LogP contribution in [0.15, 0.2) is 60.7 Å². The van der Waals surface area contributed by atoms with Crippen LogP contribution >= 0.6 is 0 Å². The highest BCUT2D eigenvalue weighted by atomic mass is 16.2. The van der Waals surface area contributed by atoms with Crippen LogP contribution in [0.1, 0.15) is 17.5 Å². The van der Waals surface area contributed by atoms with E-state index in [2.05, 4.69) is 22.3 Å². The standard InChI is InChI=1S/C23H29N3O2/c1-25(2)21(13-18-9-5-3-6-10-18)15-24-23(28)20-14-22(27)26(17-20)16-19-11-7-4-8-12-19/h3-12,20-21H,13-17H2,1-2H3,(H,24,28). The van der Waals surface area contributed by atoms with Gasteiger partial charge in [-0.15, -0.1) is 0 Å². The summed E-state index contributed by atoms with van der Waals surface area (Å²) in [6.45, 7) is 1.63. The first-order valence-electron chi connectivity index (χ1n) is 9.82. The second-order valence-electron chi connectivity index (χ2n) is 7.71. The number of benzene rings is 2. The third kappa shape index (κ3) is 5.42. The SMILES string of the molecule is CN(C)C(CNC(=O)C1CC(=O)N(Cc2ccccc2)C1)Cc1ccccc1. The molecule has 1 saturated heterocycles. The molecule has 0 bridgehead atoms. The number of nitrogens with one attached hydrogen (secondary N) is 1.